The summed E-state index contributed by atoms with van der Waals surface area (Å²) in [4.78, 5) is 11.0. The largest absolute Gasteiger partial charge is 0.333 e. The van der Waals surface area contributed by atoms with Gasteiger partial charge in [-0.3, -0.25) is 0 Å². The van der Waals surface area contributed by atoms with Gasteiger partial charge < -0.3 is 5.32 Å². The number of sulfonamides is 1. The van der Waals surface area contributed by atoms with Crippen molar-refractivity contribution in [2.45, 2.75) is 4.90 Å². The molecule has 0 aromatic heterocycles. The summed E-state index contributed by atoms with van der Waals surface area (Å²) in [7, 11) is -3.73. The summed E-state index contributed by atoms with van der Waals surface area (Å²) in [6.45, 7) is 0. The second kappa shape index (κ2) is 2.96. The molecule has 1 aromatic carbocycles. The molecular weight excluding hydrogens is 272 g/mol. The first-order valence-corrected chi connectivity index (χ1v) is 5.90. The molecule has 7 heteroatoms. The number of amides is 2. The Bertz CT molecular complexity index is 512. The maximum Gasteiger partial charge on any atom is 0.333 e. The highest BCUT2D eigenvalue weighted by atomic mass is 79.9. The van der Waals surface area contributed by atoms with E-state index in [0.717, 1.165) is 0 Å². The lowest BCUT2D eigenvalue weighted by Gasteiger charge is -2.18. The van der Waals surface area contributed by atoms with E-state index < -0.39 is 16.1 Å². The lowest BCUT2D eigenvalue weighted by Crippen LogP contribution is -2.39. The summed E-state index contributed by atoms with van der Waals surface area (Å²) < 4.78 is 25.3. The molecule has 0 radical (unpaired) electrons. The average molecular weight is 277 g/mol. The van der Waals surface area contributed by atoms with E-state index in [2.05, 4.69) is 21.2 Å². The topological polar surface area (TPSA) is 75.3 Å². The molecule has 0 atom stereocenters. The lowest BCUT2D eigenvalue weighted by atomic mass is 10.3. The Morgan fingerprint density at radius 2 is 2.00 bits per heavy atom. The maximum absolute atomic E-state index is 11.5. The van der Waals surface area contributed by atoms with Crippen LogP contribution in [0.25, 0.3) is 0 Å². The van der Waals surface area contributed by atoms with E-state index in [1.165, 1.54) is 6.07 Å². The summed E-state index contributed by atoms with van der Waals surface area (Å²) in [6, 6.07) is 4.02. The van der Waals surface area contributed by atoms with Crippen LogP contribution in [0.2, 0.25) is 0 Å². The molecule has 1 heterocycles. The van der Waals surface area contributed by atoms with E-state index in [4.69, 9.17) is 0 Å². The van der Waals surface area contributed by atoms with E-state index in [-0.39, 0.29) is 10.6 Å². The Kier molecular flexibility index (Phi) is 2.00. The number of hydrogen-bond acceptors (Lipinski definition) is 3. The molecule has 2 rings (SSSR count). The summed E-state index contributed by atoms with van der Waals surface area (Å²) in [6.07, 6.45) is 0. The number of carbonyl (C=O) groups excluding carboxylic acids is 1. The van der Waals surface area contributed by atoms with Crippen molar-refractivity contribution in [3.8, 4) is 0 Å². The fraction of sp³-hybridized carbons (Fsp3) is 0. The van der Waals surface area contributed by atoms with Crippen LogP contribution < -0.4 is 10.0 Å². The van der Waals surface area contributed by atoms with Crippen molar-refractivity contribution < 1.29 is 13.2 Å². The molecule has 1 aliphatic rings. The Labute approximate surface area is 88.7 Å². The highest BCUT2D eigenvalue weighted by Gasteiger charge is 2.29. The predicted molar refractivity (Wildman–Crippen MR) is 53.5 cm³/mol. The number of rotatable bonds is 0. The van der Waals surface area contributed by atoms with Crippen molar-refractivity contribution in [3.05, 3.63) is 22.7 Å². The highest BCUT2D eigenvalue weighted by molar-refractivity contribution is 9.10. The van der Waals surface area contributed by atoms with Crippen LogP contribution in [0, 0.1) is 0 Å². The van der Waals surface area contributed by atoms with Crippen molar-refractivity contribution in [1.82, 2.24) is 4.72 Å². The minimum atomic E-state index is -3.73. The van der Waals surface area contributed by atoms with Gasteiger partial charge in [-0.25, -0.2) is 17.9 Å². The van der Waals surface area contributed by atoms with Crippen molar-refractivity contribution in [2.24, 2.45) is 0 Å². The molecule has 0 fully saturated rings. The first-order valence-electron chi connectivity index (χ1n) is 3.63. The zero-order chi connectivity index (χ0) is 10.3. The molecule has 0 bridgehead atoms. The quantitative estimate of drug-likeness (QED) is 0.750. The van der Waals surface area contributed by atoms with Gasteiger partial charge in [-0.05, 0) is 28.1 Å². The van der Waals surface area contributed by atoms with E-state index in [0.29, 0.717) is 4.47 Å². The van der Waals surface area contributed by atoms with Gasteiger partial charge in [0.15, 0.2) is 0 Å². The van der Waals surface area contributed by atoms with Gasteiger partial charge in [0.05, 0.1) is 5.69 Å². The fourth-order valence-electron chi connectivity index (χ4n) is 1.20. The summed E-state index contributed by atoms with van der Waals surface area (Å²) in [5.74, 6) is 0. The van der Waals surface area contributed by atoms with E-state index in [1.807, 2.05) is 4.72 Å². The molecular formula is C7H5BrN2O3S. The third-order valence-electron chi connectivity index (χ3n) is 1.71. The second-order valence-corrected chi connectivity index (χ2v) is 5.15. The number of urea groups is 1. The van der Waals surface area contributed by atoms with Gasteiger partial charge in [0, 0.05) is 4.47 Å². The molecule has 2 amide bonds. The first kappa shape index (κ1) is 9.47. The van der Waals surface area contributed by atoms with Crippen LogP contribution in [0.1, 0.15) is 0 Å². The van der Waals surface area contributed by atoms with Crippen molar-refractivity contribution in [3.63, 3.8) is 0 Å². The van der Waals surface area contributed by atoms with Crippen LogP contribution in [0.15, 0.2) is 27.6 Å². The van der Waals surface area contributed by atoms with Crippen molar-refractivity contribution in [1.29, 1.82) is 0 Å². The Hall–Kier alpha value is -1.08. The molecule has 5 nitrogen and oxygen atoms in total. The molecule has 0 spiro atoms. The van der Waals surface area contributed by atoms with Gasteiger partial charge in [-0.15, -0.1) is 0 Å². The summed E-state index contributed by atoms with van der Waals surface area (Å²) in [5, 5.41) is 2.40. The number of hydrogen-bond donors (Lipinski definition) is 2. The third kappa shape index (κ3) is 1.38. The molecule has 1 aliphatic heterocycles. The van der Waals surface area contributed by atoms with E-state index >= 15 is 0 Å². The average Bonchev–Trinajstić information content (AvgIpc) is 2.00. The molecule has 0 aliphatic carbocycles. The van der Waals surface area contributed by atoms with Gasteiger partial charge in [-0.2, -0.15) is 0 Å². The Morgan fingerprint density at radius 1 is 1.29 bits per heavy atom. The van der Waals surface area contributed by atoms with Crippen LogP contribution >= 0.6 is 15.9 Å². The fourth-order valence-corrected chi connectivity index (χ4v) is 3.34. The smallest absolute Gasteiger partial charge is 0.306 e. The minimum absolute atomic E-state index is 0.0552. The predicted octanol–water partition coefficient (Wildman–Crippen LogP) is 1.27. The van der Waals surface area contributed by atoms with Crippen LogP contribution in [0.3, 0.4) is 0 Å². The molecule has 2 N–H and O–H groups in total. The molecule has 74 valence electrons. The zero-order valence-electron chi connectivity index (χ0n) is 6.74. The zero-order valence-corrected chi connectivity index (χ0v) is 9.15. The number of benzene rings is 1. The Balaban J connectivity index is 2.77. The molecule has 1 aromatic rings. The van der Waals surface area contributed by atoms with Gasteiger partial charge in [-0.1, -0.05) is 6.07 Å². The number of fused-ring (bicyclic) bond motifs is 1. The molecule has 0 unspecified atom stereocenters. The van der Waals surface area contributed by atoms with Crippen molar-refractivity contribution in [2.75, 3.05) is 5.32 Å². The summed E-state index contributed by atoms with van der Waals surface area (Å²) >= 11 is 3.11. The first-order chi connectivity index (χ1) is 6.50. The maximum atomic E-state index is 11.5. The molecule has 14 heavy (non-hydrogen) atoms. The van der Waals surface area contributed by atoms with Gasteiger partial charge >= 0.3 is 6.03 Å². The van der Waals surface area contributed by atoms with Crippen molar-refractivity contribution >= 4 is 37.7 Å². The minimum Gasteiger partial charge on any atom is -0.306 e. The monoisotopic (exact) mass is 276 g/mol. The Morgan fingerprint density at radius 3 is 2.71 bits per heavy atom. The van der Waals surface area contributed by atoms with Crippen LogP contribution in [0.4, 0.5) is 10.5 Å². The standard InChI is InChI=1S/C7H5BrN2O3S/c8-4-2-1-3-5-6(4)14(12,13)10-7(11)9-5/h1-3H,(H2,9,10,11). The molecule has 0 saturated heterocycles. The number of carbonyl (C=O) groups is 1. The van der Waals surface area contributed by atoms with E-state index in [1.54, 1.807) is 12.1 Å². The van der Waals surface area contributed by atoms with Gasteiger partial charge in [0.1, 0.15) is 4.90 Å². The van der Waals surface area contributed by atoms with Crippen LogP contribution in [0.5, 0.6) is 0 Å². The van der Waals surface area contributed by atoms with Gasteiger partial charge in [0.25, 0.3) is 10.0 Å². The number of anilines is 1. The third-order valence-corrected chi connectivity index (χ3v) is 4.07. The molecule has 0 saturated carbocycles. The second-order valence-electron chi connectivity index (χ2n) is 2.68. The van der Waals surface area contributed by atoms with Crippen LogP contribution in [-0.2, 0) is 10.0 Å². The normalized spacial score (nSPS) is 17.9. The van der Waals surface area contributed by atoms with Gasteiger partial charge in [0.2, 0.25) is 0 Å². The number of nitrogens with one attached hydrogen (secondary N) is 2. The summed E-state index contributed by atoms with van der Waals surface area (Å²) in [5.41, 5.74) is 0.281. The lowest BCUT2D eigenvalue weighted by molar-refractivity contribution is 0.256. The van der Waals surface area contributed by atoms with E-state index in [9.17, 15) is 13.2 Å². The van der Waals surface area contributed by atoms with Crippen LogP contribution in [-0.4, -0.2) is 14.4 Å². The highest BCUT2D eigenvalue weighted by Crippen LogP contribution is 2.31. The SMILES string of the molecule is O=C1Nc2cccc(Br)c2S(=O)(=O)N1. The number of halogens is 1.